The number of benzene rings is 1. The maximum atomic E-state index is 12.9. The van der Waals surface area contributed by atoms with Crippen molar-refractivity contribution in [3.8, 4) is 0 Å². The van der Waals surface area contributed by atoms with Gasteiger partial charge in [-0.3, -0.25) is 18.7 Å². The summed E-state index contributed by atoms with van der Waals surface area (Å²) in [7, 11) is 2.92. The maximum Gasteiger partial charge on any atom is 0.332 e. The number of halogens is 1. The number of thioether (sulfide) groups is 1. The molecule has 0 aliphatic carbocycles. The first-order chi connectivity index (χ1) is 13.4. The van der Waals surface area contributed by atoms with E-state index in [1.165, 1.54) is 41.7 Å². The molecule has 2 heterocycles. The lowest BCUT2D eigenvalue weighted by Crippen LogP contribution is -2.38. The number of hydrogen-bond acceptors (Lipinski definition) is 5. The SMILES string of the molecule is Cn1c(=O)c2c(ncn2CC(=O)NCCCSc2ccc(F)cc2)n(C)c1=O. The van der Waals surface area contributed by atoms with Gasteiger partial charge in [0.2, 0.25) is 5.91 Å². The molecular formula is C18H20FN5O3S. The highest BCUT2D eigenvalue weighted by Gasteiger charge is 2.15. The molecule has 28 heavy (non-hydrogen) atoms. The second-order valence-electron chi connectivity index (χ2n) is 6.26. The first-order valence-electron chi connectivity index (χ1n) is 8.64. The predicted molar refractivity (Wildman–Crippen MR) is 105 cm³/mol. The van der Waals surface area contributed by atoms with Gasteiger partial charge in [-0.05, 0) is 36.4 Å². The van der Waals surface area contributed by atoms with Crippen LogP contribution in [0.15, 0.2) is 45.1 Å². The highest BCUT2D eigenvalue weighted by Crippen LogP contribution is 2.18. The number of fused-ring (bicyclic) bond motifs is 1. The van der Waals surface area contributed by atoms with Crippen LogP contribution in [-0.4, -0.2) is 36.9 Å². The largest absolute Gasteiger partial charge is 0.355 e. The van der Waals surface area contributed by atoms with Gasteiger partial charge >= 0.3 is 5.69 Å². The van der Waals surface area contributed by atoms with Crippen molar-refractivity contribution < 1.29 is 9.18 Å². The molecule has 3 rings (SSSR count). The first-order valence-corrected chi connectivity index (χ1v) is 9.63. The van der Waals surface area contributed by atoms with Crippen molar-refractivity contribution in [3.05, 3.63) is 57.2 Å². The topological polar surface area (TPSA) is 90.9 Å². The zero-order chi connectivity index (χ0) is 20.3. The minimum absolute atomic E-state index is 0.0605. The molecule has 0 saturated carbocycles. The molecule has 10 heteroatoms. The molecule has 1 N–H and O–H groups in total. The minimum atomic E-state index is -0.487. The number of amides is 1. The lowest BCUT2D eigenvalue weighted by Gasteiger charge is -2.08. The molecule has 0 unspecified atom stereocenters. The summed E-state index contributed by atoms with van der Waals surface area (Å²) in [5, 5.41) is 2.80. The van der Waals surface area contributed by atoms with Crippen LogP contribution in [0.3, 0.4) is 0 Å². The highest BCUT2D eigenvalue weighted by atomic mass is 32.2. The van der Waals surface area contributed by atoms with Gasteiger partial charge in [0, 0.05) is 25.5 Å². The van der Waals surface area contributed by atoms with Crippen LogP contribution < -0.4 is 16.6 Å². The molecule has 148 valence electrons. The average Bonchev–Trinajstić information content (AvgIpc) is 3.09. The van der Waals surface area contributed by atoms with E-state index in [0.717, 1.165) is 21.6 Å². The fourth-order valence-corrected chi connectivity index (χ4v) is 3.60. The number of carbonyl (C=O) groups excluding carboxylic acids is 1. The Morgan fingerprint density at radius 2 is 1.89 bits per heavy atom. The number of hydrogen-bond donors (Lipinski definition) is 1. The van der Waals surface area contributed by atoms with E-state index in [4.69, 9.17) is 0 Å². The molecule has 0 saturated heterocycles. The van der Waals surface area contributed by atoms with Gasteiger partial charge < -0.3 is 9.88 Å². The Labute approximate surface area is 164 Å². The van der Waals surface area contributed by atoms with Crippen LogP contribution in [0, 0.1) is 5.82 Å². The van der Waals surface area contributed by atoms with Crippen LogP contribution >= 0.6 is 11.8 Å². The maximum absolute atomic E-state index is 12.9. The van der Waals surface area contributed by atoms with E-state index in [-0.39, 0.29) is 29.4 Å². The third-order valence-electron chi connectivity index (χ3n) is 4.26. The second-order valence-corrected chi connectivity index (χ2v) is 7.42. The van der Waals surface area contributed by atoms with Crippen molar-refractivity contribution in [2.45, 2.75) is 17.9 Å². The van der Waals surface area contributed by atoms with Gasteiger partial charge in [0.05, 0.1) is 6.33 Å². The summed E-state index contributed by atoms with van der Waals surface area (Å²) in [5.74, 6) is 0.267. The van der Waals surface area contributed by atoms with E-state index < -0.39 is 11.2 Å². The van der Waals surface area contributed by atoms with Gasteiger partial charge in [-0.2, -0.15) is 0 Å². The van der Waals surface area contributed by atoms with Gasteiger partial charge in [-0.1, -0.05) is 0 Å². The molecule has 2 aromatic heterocycles. The standard InChI is InChI=1S/C18H20FN5O3S/c1-22-16-15(17(26)23(2)18(22)27)24(11-21-16)10-14(25)20-8-3-9-28-13-6-4-12(19)5-7-13/h4-7,11H,3,8-10H2,1-2H3,(H,20,25). The van der Waals surface area contributed by atoms with E-state index in [1.807, 2.05) is 0 Å². The Morgan fingerprint density at radius 1 is 1.18 bits per heavy atom. The smallest absolute Gasteiger partial charge is 0.332 e. The Bertz CT molecular complexity index is 1120. The number of nitrogens with zero attached hydrogens (tertiary/aromatic N) is 4. The number of rotatable bonds is 7. The van der Waals surface area contributed by atoms with Crippen LogP contribution in [0.4, 0.5) is 4.39 Å². The molecule has 1 aromatic carbocycles. The van der Waals surface area contributed by atoms with Crippen molar-refractivity contribution in [1.29, 1.82) is 0 Å². The molecule has 0 atom stereocenters. The Balaban J connectivity index is 1.55. The van der Waals surface area contributed by atoms with Gasteiger partial charge in [0.25, 0.3) is 5.56 Å². The third kappa shape index (κ3) is 4.16. The van der Waals surface area contributed by atoms with Crippen molar-refractivity contribution in [1.82, 2.24) is 24.0 Å². The van der Waals surface area contributed by atoms with E-state index in [0.29, 0.717) is 6.54 Å². The second kappa shape index (κ2) is 8.42. The third-order valence-corrected chi connectivity index (χ3v) is 5.36. The van der Waals surface area contributed by atoms with Crippen molar-refractivity contribution >= 4 is 28.8 Å². The van der Waals surface area contributed by atoms with Gasteiger partial charge in [0.15, 0.2) is 11.2 Å². The van der Waals surface area contributed by atoms with Crippen molar-refractivity contribution in [3.63, 3.8) is 0 Å². The summed E-state index contributed by atoms with van der Waals surface area (Å²) in [6.07, 6.45) is 2.13. The Morgan fingerprint density at radius 3 is 2.61 bits per heavy atom. The fraction of sp³-hybridized carbons (Fsp3) is 0.333. The highest BCUT2D eigenvalue weighted by molar-refractivity contribution is 7.99. The predicted octanol–water partition coefficient (Wildman–Crippen LogP) is 0.871. The van der Waals surface area contributed by atoms with E-state index in [9.17, 15) is 18.8 Å². The molecule has 1 amide bonds. The molecule has 0 fully saturated rings. The molecule has 8 nitrogen and oxygen atoms in total. The molecule has 0 aliphatic heterocycles. The normalized spacial score (nSPS) is 11.1. The molecule has 0 radical (unpaired) electrons. The lowest BCUT2D eigenvalue weighted by molar-refractivity contribution is -0.121. The fourth-order valence-electron chi connectivity index (χ4n) is 2.75. The van der Waals surface area contributed by atoms with Gasteiger partial charge in [-0.25, -0.2) is 14.2 Å². The number of nitrogens with one attached hydrogen (secondary N) is 1. The zero-order valence-electron chi connectivity index (χ0n) is 15.5. The number of aromatic nitrogens is 4. The summed E-state index contributed by atoms with van der Waals surface area (Å²) in [6, 6.07) is 6.27. The Kier molecular flexibility index (Phi) is 5.98. The average molecular weight is 405 g/mol. The van der Waals surface area contributed by atoms with Gasteiger partial charge in [0.1, 0.15) is 12.4 Å². The van der Waals surface area contributed by atoms with Crippen LogP contribution in [0.25, 0.3) is 11.2 Å². The van der Waals surface area contributed by atoms with Crippen LogP contribution in [0.5, 0.6) is 0 Å². The van der Waals surface area contributed by atoms with Crippen molar-refractivity contribution in [2.24, 2.45) is 14.1 Å². The quantitative estimate of drug-likeness (QED) is 0.465. The van der Waals surface area contributed by atoms with Gasteiger partial charge in [-0.15, -0.1) is 11.8 Å². The molecule has 0 bridgehead atoms. The number of imidazole rings is 1. The first kappa shape index (κ1) is 19.9. The van der Waals surface area contributed by atoms with Crippen molar-refractivity contribution in [2.75, 3.05) is 12.3 Å². The van der Waals surface area contributed by atoms with Crippen LogP contribution in [0.1, 0.15) is 6.42 Å². The summed E-state index contributed by atoms with van der Waals surface area (Å²) in [5.41, 5.74) is -0.492. The Hall–Kier alpha value is -2.88. The lowest BCUT2D eigenvalue weighted by atomic mass is 10.4. The van der Waals surface area contributed by atoms with E-state index in [1.54, 1.807) is 23.9 Å². The molecular weight excluding hydrogens is 385 g/mol. The van der Waals surface area contributed by atoms with E-state index in [2.05, 4.69) is 10.3 Å². The minimum Gasteiger partial charge on any atom is -0.355 e. The van der Waals surface area contributed by atoms with E-state index >= 15 is 0 Å². The van der Waals surface area contributed by atoms with Crippen LogP contribution in [0.2, 0.25) is 0 Å². The molecule has 0 spiro atoms. The molecule has 3 aromatic rings. The monoisotopic (exact) mass is 405 g/mol. The number of aryl methyl sites for hydroxylation is 1. The molecule has 0 aliphatic rings. The zero-order valence-corrected chi connectivity index (χ0v) is 16.3. The summed E-state index contributed by atoms with van der Waals surface area (Å²) in [6.45, 7) is 0.422. The summed E-state index contributed by atoms with van der Waals surface area (Å²) in [4.78, 5) is 41.5. The number of carbonyl (C=O) groups is 1. The van der Waals surface area contributed by atoms with Crippen LogP contribution in [-0.2, 0) is 25.4 Å². The summed E-state index contributed by atoms with van der Waals surface area (Å²) >= 11 is 1.58. The summed E-state index contributed by atoms with van der Waals surface area (Å²) < 4.78 is 16.6.